The van der Waals surface area contributed by atoms with Crippen molar-refractivity contribution in [2.75, 3.05) is 18.4 Å². The van der Waals surface area contributed by atoms with Crippen LogP contribution in [0.3, 0.4) is 0 Å². The summed E-state index contributed by atoms with van der Waals surface area (Å²) in [6.45, 7) is 3.16. The van der Waals surface area contributed by atoms with Gasteiger partial charge in [-0.2, -0.15) is 5.26 Å². The molecule has 168 valence electrons. The summed E-state index contributed by atoms with van der Waals surface area (Å²) >= 11 is 0. The number of amides is 2. The van der Waals surface area contributed by atoms with E-state index in [9.17, 15) is 4.79 Å². The monoisotopic (exact) mass is 430 g/mol. The Morgan fingerprint density at radius 2 is 1.72 bits per heavy atom. The maximum atomic E-state index is 13.0. The zero-order chi connectivity index (χ0) is 22.2. The molecule has 2 aliphatic rings. The Hall–Kier alpha value is -2.84. The van der Waals surface area contributed by atoms with E-state index < -0.39 is 0 Å². The average Bonchev–Trinajstić information content (AvgIpc) is 3.06. The van der Waals surface area contributed by atoms with Crippen LogP contribution in [0.2, 0.25) is 0 Å². The van der Waals surface area contributed by atoms with Crippen LogP contribution in [-0.4, -0.2) is 29.6 Å². The van der Waals surface area contributed by atoms with Crippen LogP contribution in [-0.2, 0) is 6.54 Å². The van der Waals surface area contributed by atoms with Crippen molar-refractivity contribution in [1.29, 1.82) is 5.26 Å². The number of anilines is 1. The van der Waals surface area contributed by atoms with Crippen molar-refractivity contribution >= 4 is 11.7 Å². The standard InChI is InChI=1S/C27H34N4O/c28-20-23-11-8-12-25(19-23)29-26(32)30-27(15-6-1-2-7-16-27)24-13-17-31(18-14-24)21-22-9-4-3-5-10-22/h3-5,8-12,19,24H,1-2,6-7,13-18,21H2,(H2,29,30,32). The molecule has 0 spiro atoms. The van der Waals surface area contributed by atoms with Gasteiger partial charge in [-0.3, -0.25) is 4.90 Å². The summed E-state index contributed by atoms with van der Waals surface area (Å²) in [7, 11) is 0. The molecule has 5 nitrogen and oxygen atoms in total. The van der Waals surface area contributed by atoms with Crippen LogP contribution in [0, 0.1) is 17.2 Å². The Kier molecular flexibility index (Phi) is 7.44. The first-order chi connectivity index (χ1) is 15.7. The molecule has 0 unspecified atom stereocenters. The topological polar surface area (TPSA) is 68.2 Å². The minimum Gasteiger partial charge on any atom is -0.332 e. The van der Waals surface area contributed by atoms with E-state index in [-0.39, 0.29) is 11.6 Å². The first-order valence-corrected chi connectivity index (χ1v) is 12.0. The lowest BCUT2D eigenvalue weighted by atomic mass is 9.73. The largest absolute Gasteiger partial charge is 0.332 e. The van der Waals surface area contributed by atoms with Gasteiger partial charge in [0, 0.05) is 17.8 Å². The highest BCUT2D eigenvalue weighted by molar-refractivity contribution is 5.90. The number of urea groups is 1. The molecule has 5 heteroatoms. The second-order valence-corrected chi connectivity index (χ2v) is 9.38. The van der Waals surface area contributed by atoms with Crippen molar-refractivity contribution in [3.63, 3.8) is 0 Å². The minimum atomic E-state index is -0.145. The SMILES string of the molecule is N#Cc1cccc(NC(=O)NC2(C3CCN(Cc4ccccc4)CC3)CCCCCC2)c1. The summed E-state index contributed by atoms with van der Waals surface area (Å²) in [5.74, 6) is 0.504. The number of hydrogen-bond donors (Lipinski definition) is 2. The van der Waals surface area contributed by atoms with E-state index in [0.29, 0.717) is 17.2 Å². The van der Waals surface area contributed by atoms with E-state index in [1.165, 1.54) is 31.2 Å². The molecule has 2 N–H and O–H groups in total. The summed E-state index contributed by atoms with van der Waals surface area (Å²) in [5.41, 5.74) is 2.46. The van der Waals surface area contributed by atoms with Gasteiger partial charge in [-0.05, 0) is 68.5 Å². The van der Waals surface area contributed by atoms with Gasteiger partial charge in [-0.1, -0.05) is 62.1 Å². The summed E-state index contributed by atoms with van der Waals surface area (Å²) in [6.07, 6.45) is 9.21. The van der Waals surface area contributed by atoms with E-state index >= 15 is 0 Å². The number of nitrogens with one attached hydrogen (secondary N) is 2. The van der Waals surface area contributed by atoms with Crippen molar-refractivity contribution in [3.8, 4) is 6.07 Å². The van der Waals surface area contributed by atoms with Gasteiger partial charge in [0.25, 0.3) is 0 Å². The van der Waals surface area contributed by atoms with Gasteiger partial charge in [-0.25, -0.2) is 4.79 Å². The molecule has 1 saturated carbocycles. The van der Waals surface area contributed by atoms with Crippen LogP contribution in [0.4, 0.5) is 10.5 Å². The number of piperidine rings is 1. The summed E-state index contributed by atoms with van der Waals surface area (Å²) in [5, 5.41) is 15.6. The summed E-state index contributed by atoms with van der Waals surface area (Å²) in [4.78, 5) is 15.6. The first-order valence-electron chi connectivity index (χ1n) is 12.0. The van der Waals surface area contributed by atoms with E-state index in [1.54, 1.807) is 18.2 Å². The molecule has 2 amide bonds. The first kappa shape index (κ1) is 22.4. The Morgan fingerprint density at radius 3 is 2.41 bits per heavy atom. The number of nitriles is 1. The maximum absolute atomic E-state index is 13.0. The van der Waals surface area contributed by atoms with Gasteiger partial charge in [-0.15, -0.1) is 0 Å². The third kappa shape index (κ3) is 5.69. The van der Waals surface area contributed by atoms with Crippen LogP contribution in [0.25, 0.3) is 0 Å². The number of likely N-dealkylation sites (tertiary alicyclic amines) is 1. The van der Waals surface area contributed by atoms with Crippen LogP contribution in [0.5, 0.6) is 0 Å². The van der Waals surface area contributed by atoms with Gasteiger partial charge in [0.2, 0.25) is 0 Å². The van der Waals surface area contributed by atoms with Gasteiger partial charge < -0.3 is 10.6 Å². The molecule has 2 aromatic rings. The highest BCUT2D eigenvalue weighted by atomic mass is 16.2. The molecule has 1 aliphatic carbocycles. The fourth-order valence-electron chi connectivity index (χ4n) is 5.53. The predicted molar refractivity (Wildman–Crippen MR) is 128 cm³/mol. The van der Waals surface area contributed by atoms with Crippen LogP contribution in [0.15, 0.2) is 54.6 Å². The molecule has 2 fully saturated rings. The highest BCUT2D eigenvalue weighted by Gasteiger charge is 2.41. The van der Waals surface area contributed by atoms with E-state index in [4.69, 9.17) is 5.26 Å². The summed E-state index contributed by atoms with van der Waals surface area (Å²) < 4.78 is 0. The van der Waals surface area contributed by atoms with Crippen molar-refractivity contribution in [2.24, 2.45) is 5.92 Å². The molecule has 0 atom stereocenters. The number of hydrogen-bond acceptors (Lipinski definition) is 3. The van der Waals surface area contributed by atoms with Crippen LogP contribution in [0.1, 0.15) is 62.5 Å². The number of carbonyl (C=O) groups is 1. The molecular formula is C27H34N4O. The van der Waals surface area contributed by atoms with Crippen LogP contribution >= 0.6 is 0 Å². The summed E-state index contributed by atoms with van der Waals surface area (Å²) in [6, 6.07) is 19.8. The lowest BCUT2D eigenvalue weighted by Gasteiger charge is -2.45. The quantitative estimate of drug-likeness (QED) is 0.599. The lowest BCUT2D eigenvalue weighted by molar-refractivity contribution is 0.0966. The van der Waals surface area contributed by atoms with Crippen molar-refractivity contribution in [3.05, 3.63) is 65.7 Å². The third-order valence-corrected chi connectivity index (χ3v) is 7.23. The average molecular weight is 431 g/mol. The fourth-order valence-corrected chi connectivity index (χ4v) is 5.53. The highest BCUT2D eigenvalue weighted by Crippen LogP contribution is 2.39. The van der Waals surface area contributed by atoms with Gasteiger partial charge >= 0.3 is 6.03 Å². The minimum absolute atomic E-state index is 0.133. The third-order valence-electron chi connectivity index (χ3n) is 7.23. The maximum Gasteiger partial charge on any atom is 0.319 e. The van der Waals surface area contributed by atoms with Crippen LogP contribution < -0.4 is 10.6 Å². The molecule has 1 aliphatic heterocycles. The number of nitrogens with zero attached hydrogens (tertiary/aromatic N) is 2. The molecule has 2 aromatic carbocycles. The molecular weight excluding hydrogens is 396 g/mol. The van der Waals surface area contributed by atoms with Gasteiger partial charge in [0.1, 0.15) is 0 Å². The molecule has 1 heterocycles. The van der Waals surface area contributed by atoms with Gasteiger partial charge in [0.05, 0.1) is 11.6 Å². The number of carbonyl (C=O) groups excluding carboxylic acids is 1. The lowest BCUT2D eigenvalue weighted by Crippen LogP contribution is -2.57. The molecule has 1 saturated heterocycles. The molecule has 4 rings (SSSR count). The second-order valence-electron chi connectivity index (χ2n) is 9.38. The van der Waals surface area contributed by atoms with Crippen molar-refractivity contribution < 1.29 is 4.79 Å². The molecule has 32 heavy (non-hydrogen) atoms. The normalized spacial score (nSPS) is 19.5. The molecule has 0 aromatic heterocycles. The smallest absolute Gasteiger partial charge is 0.319 e. The predicted octanol–water partition coefficient (Wildman–Crippen LogP) is 5.68. The molecule has 0 bridgehead atoms. The second kappa shape index (κ2) is 10.7. The molecule has 0 radical (unpaired) electrons. The fraction of sp³-hybridized carbons (Fsp3) is 0.481. The Bertz CT molecular complexity index is 920. The van der Waals surface area contributed by atoms with Crippen molar-refractivity contribution in [1.82, 2.24) is 10.2 Å². The van der Waals surface area contributed by atoms with Gasteiger partial charge in [0.15, 0.2) is 0 Å². The zero-order valence-corrected chi connectivity index (χ0v) is 18.9. The van der Waals surface area contributed by atoms with Crippen molar-refractivity contribution in [2.45, 2.75) is 63.5 Å². The zero-order valence-electron chi connectivity index (χ0n) is 18.9. The Morgan fingerprint density at radius 1 is 1.00 bits per heavy atom. The Labute approximate surface area is 191 Å². The van der Waals surface area contributed by atoms with E-state index in [1.807, 2.05) is 6.07 Å². The van der Waals surface area contributed by atoms with E-state index in [0.717, 1.165) is 45.3 Å². The van der Waals surface area contributed by atoms with E-state index in [2.05, 4.69) is 51.9 Å². The number of benzene rings is 2. The Balaban J connectivity index is 1.41. The number of rotatable bonds is 5.